The van der Waals surface area contributed by atoms with Gasteiger partial charge < -0.3 is 5.32 Å². The van der Waals surface area contributed by atoms with Crippen molar-refractivity contribution in [2.45, 2.75) is 39.0 Å². The number of rotatable bonds is 7. The van der Waals surface area contributed by atoms with Crippen molar-refractivity contribution in [3.63, 3.8) is 0 Å². The molecular formula is C12H23N3O2S2. The molecule has 1 heterocycles. The van der Waals surface area contributed by atoms with Crippen LogP contribution in [0.3, 0.4) is 0 Å². The maximum absolute atomic E-state index is 11.9. The number of hydrogen-bond donors (Lipinski definition) is 2. The smallest absolute Gasteiger partial charge is 0.234 e. The van der Waals surface area contributed by atoms with Crippen molar-refractivity contribution in [2.24, 2.45) is 0 Å². The van der Waals surface area contributed by atoms with Crippen LogP contribution in [0.15, 0.2) is 5.38 Å². The fourth-order valence-electron chi connectivity index (χ4n) is 1.44. The number of nitrogens with one attached hydrogen (secondary N) is 2. The Bertz CT molecular complexity index is 489. The van der Waals surface area contributed by atoms with E-state index in [2.05, 4.69) is 35.8 Å². The highest BCUT2D eigenvalue weighted by Gasteiger charge is 2.19. The van der Waals surface area contributed by atoms with Gasteiger partial charge in [-0.15, -0.1) is 11.3 Å². The number of aromatic nitrogens is 1. The van der Waals surface area contributed by atoms with Crippen molar-refractivity contribution >= 4 is 26.5 Å². The van der Waals surface area contributed by atoms with E-state index in [0.717, 1.165) is 18.7 Å². The molecule has 110 valence electrons. The first-order valence-corrected chi connectivity index (χ1v) is 8.89. The predicted molar refractivity (Wildman–Crippen MR) is 81.4 cm³/mol. The first-order chi connectivity index (χ1) is 8.74. The summed E-state index contributed by atoms with van der Waals surface area (Å²) in [6.45, 7) is 7.00. The molecule has 0 spiro atoms. The molecule has 0 bridgehead atoms. The van der Waals surface area contributed by atoms with Crippen LogP contribution in [0.4, 0.5) is 5.13 Å². The Morgan fingerprint density at radius 2 is 2.00 bits per heavy atom. The van der Waals surface area contributed by atoms with Crippen LogP contribution >= 0.6 is 11.3 Å². The van der Waals surface area contributed by atoms with E-state index < -0.39 is 10.0 Å². The first kappa shape index (κ1) is 16.4. The highest BCUT2D eigenvalue weighted by molar-refractivity contribution is 7.92. The Morgan fingerprint density at radius 1 is 1.32 bits per heavy atom. The Hall–Kier alpha value is -0.660. The van der Waals surface area contributed by atoms with Gasteiger partial charge in [0.05, 0.1) is 11.4 Å². The zero-order valence-electron chi connectivity index (χ0n) is 12.0. The quantitative estimate of drug-likeness (QED) is 0.758. The largest absolute Gasteiger partial charge is 0.320 e. The molecule has 0 amide bonds. The molecule has 0 unspecified atom stereocenters. The zero-order chi connectivity index (χ0) is 14.5. The molecule has 0 fully saturated rings. The SMILES string of the molecule is CNCCCCS(=O)(=O)Nc1nc(C(C)(C)C)cs1. The highest BCUT2D eigenvalue weighted by atomic mass is 32.2. The summed E-state index contributed by atoms with van der Waals surface area (Å²) in [5.41, 5.74) is 0.845. The van der Waals surface area contributed by atoms with E-state index in [1.165, 1.54) is 11.3 Å². The van der Waals surface area contributed by atoms with Crippen molar-refractivity contribution in [1.29, 1.82) is 0 Å². The zero-order valence-corrected chi connectivity index (χ0v) is 13.6. The van der Waals surface area contributed by atoms with Crippen LogP contribution < -0.4 is 10.0 Å². The number of anilines is 1. The fraction of sp³-hybridized carbons (Fsp3) is 0.750. The monoisotopic (exact) mass is 305 g/mol. The summed E-state index contributed by atoms with van der Waals surface area (Å²) < 4.78 is 26.3. The van der Waals surface area contributed by atoms with Gasteiger partial charge in [-0.05, 0) is 26.4 Å². The molecule has 1 aromatic heterocycles. The third kappa shape index (κ3) is 5.88. The van der Waals surface area contributed by atoms with Gasteiger partial charge in [-0.1, -0.05) is 20.8 Å². The summed E-state index contributed by atoms with van der Waals surface area (Å²) in [5.74, 6) is 0.138. The van der Waals surface area contributed by atoms with Gasteiger partial charge in [0.25, 0.3) is 0 Å². The van der Waals surface area contributed by atoms with Crippen molar-refractivity contribution < 1.29 is 8.42 Å². The standard InChI is InChI=1S/C12H23N3O2S2/c1-12(2,3)10-9-18-11(14-10)15-19(16,17)8-6-5-7-13-4/h9,13H,5-8H2,1-4H3,(H,14,15). The van der Waals surface area contributed by atoms with E-state index in [1.807, 2.05) is 12.4 Å². The number of thiazole rings is 1. The summed E-state index contributed by atoms with van der Waals surface area (Å²) in [6.07, 6.45) is 1.50. The molecule has 19 heavy (non-hydrogen) atoms. The number of hydrogen-bond acceptors (Lipinski definition) is 5. The minimum atomic E-state index is -3.28. The van der Waals surface area contributed by atoms with Crippen LogP contribution in [0.2, 0.25) is 0 Å². The molecule has 0 aliphatic rings. The molecule has 0 radical (unpaired) electrons. The van der Waals surface area contributed by atoms with Gasteiger partial charge >= 0.3 is 0 Å². The van der Waals surface area contributed by atoms with Crippen LogP contribution in [0.5, 0.6) is 0 Å². The summed E-state index contributed by atoms with van der Waals surface area (Å²) >= 11 is 1.33. The van der Waals surface area contributed by atoms with Crippen LogP contribution in [0, 0.1) is 0 Å². The van der Waals surface area contributed by atoms with E-state index in [-0.39, 0.29) is 11.2 Å². The highest BCUT2D eigenvalue weighted by Crippen LogP contribution is 2.26. The average molecular weight is 305 g/mol. The second-order valence-corrected chi connectivity index (χ2v) is 8.22. The van der Waals surface area contributed by atoms with E-state index in [1.54, 1.807) is 0 Å². The molecule has 0 atom stereocenters. The van der Waals surface area contributed by atoms with Gasteiger partial charge in [0.1, 0.15) is 0 Å². The lowest BCUT2D eigenvalue weighted by Crippen LogP contribution is -2.18. The minimum Gasteiger partial charge on any atom is -0.320 e. The number of nitrogens with zero attached hydrogens (tertiary/aromatic N) is 1. The Kier molecular flexibility index (Phi) is 5.76. The van der Waals surface area contributed by atoms with Gasteiger partial charge in [0, 0.05) is 10.8 Å². The molecule has 1 aromatic rings. The molecule has 0 aromatic carbocycles. The van der Waals surface area contributed by atoms with Gasteiger partial charge in [0.2, 0.25) is 10.0 Å². The third-order valence-electron chi connectivity index (χ3n) is 2.61. The van der Waals surface area contributed by atoms with Crippen molar-refractivity contribution in [2.75, 3.05) is 24.1 Å². The third-order valence-corrected chi connectivity index (χ3v) is 4.82. The molecule has 2 N–H and O–H groups in total. The fourth-order valence-corrected chi connectivity index (χ4v) is 3.79. The molecular weight excluding hydrogens is 282 g/mol. The average Bonchev–Trinajstić information content (AvgIpc) is 2.72. The summed E-state index contributed by atoms with van der Waals surface area (Å²) in [5, 5.41) is 5.36. The Balaban J connectivity index is 2.56. The van der Waals surface area contributed by atoms with Crippen LogP contribution in [0.25, 0.3) is 0 Å². The summed E-state index contributed by atoms with van der Waals surface area (Å²) in [6, 6.07) is 0. The lowest BCUT2D eigenvalue weighted by molar-refractivity contribution is 0.573. The summed E-state index contributed by atoms with van der Waals surface area (Å²) in [7, 11) is -1.42. The normalized spacial score (nSPS) is 12.6. The van der Waals surface area contributed by atoms with Gasteiger partial charge in [0.15, 0.2) is 5.13 Å². The second-order valence-electron chi connectivity index (χ2n) is 5.52. The molecule has 0 aliphatic heterocycles. The number of sulfonamides is 1. The Morgan fingerprint density at radius 3 is 2.53 bits per heavy atom. The second kappa shape index (κ2) is 6.67. The molecule has 0 saturated heterocycles. The van der Waals surface area contributed by atoms with E-state index >= 15 is 0 Å². The topological polar surface area (TPSA) is 71.1 Å². The van der Waals surface area contributed by atoms with E-state index in [0.29, 0.717) is 11.6 Å². The minimum absolute atomic E-state index is 0.0625. The van der Waals surface area contributed by atoms with Crippen molar-refractivity contribution in [1.82, 2.24) is 10.3 Å². The van der Waals surface area contributed by atoms with Crippen LogP contribution in [0.1, 0.15) is 39.3 Å². The Labute approximate surface area is 119 Å². The molecule has 1 rings (SSSR count). The maximum Gasteiger partial charge on any atom is 0.234 e. The first-order valence-electron chi connectivity index (χ1n) is 6.36. The van der Waals surface area contributed by atoms with Crippen LogP contribution in [-0.4, -0.2) is 32.7 Å². The molecule has 5 nitrogen and oxygen atoms in total. The van der Waals surface area contributed by atoms with Crippen molar-refractivity contribution in [3.05, 3.63) is 11.1 Å². The molecule has 7 heteroatoms. The van der Waals surface area contributed by atoms with Gasteiger partial charge in [-0.3, -0.25) is 4.72 Å². The van der Waals surface area contributed by atoms with Gasteiger partial charge in [-0.2, -0.15) is 0 Å². The van der Waals surface area contributed by atoms with Crippen molar-refractivity contribution in [3.8, 4) is 0 Å². The summed E-state index contributed by atoms with van der Waals surface area (Å²) in [4.78, 5) is 4.33. The maximum atomic E-state index is 11.9. The molecule has 0 saturated carbocycles. The predicted octanol–water partition coefficient (Wildman–Crippen LogP) is 2.18. The van der Waals surface area contributed by atoms with Gasteiger partial charge in [-0.25, -0.2) is 13.4 Å². The van der Waals surface area contributed by atoms with E-state index in [9.17, 15) is 8.42 Å². The lowest BCUT2D eigenvalue weighted by Gasteiger charge is -2.14. The molecule has 0 aliphatic carbocycles. The van der Waals surface area contributed by atoms with E-state index in [4.69, 9.17) is 0 Å². The number of unbranched alkanes of at least 4 members (excludes halogenated alkanes) is 1. The lowest BCUT2D eigenvalue weighted by atomic mass is 9.93. The van der Waals surface area contributed by atoms with Crippen LogP contribution in [-0.2, 0) is 15.4 Å².